The third-order valence-electron chi connectivity index (χ3n) is 4.31. The molecule has 0 amide bonds. The summed E-state index contributed by atoms with van der Waals surface area (Å²) in [6.07, 6.45) is 3.56. The van der Waals surface area contributed by atoms with Crippen molar-refractivity contribution in [2.45, 2.75) is 13.8 Å². The summed E-state index contributed by atoms with van der Waals surface area (Å²) in [4.78, 5) is 0.324. The summed E-state index contributed by atoms with van der Waals surface area (Å²) in [5.74, 6) is -0.251. The third kappa shape index (κ3) is 4.36. The first-order chi connectivity index (χ1) is 13.4. The van der Waals surface area contributed by atoms with Gasteiger partial charge in [-0.2, -0.15) is 4.57 Å². The molecule has 28 heavy (non-hydrogen) atoms. The maximum Gasteiger partial charge on any atom is 0.238 e. The molecule has 0 aliphatic heterocycles. The number of thiocarbonyl (C=S) groups is 1. The molecule has 1 heterocycles. The Balaban J connectivity index is 2.12. The van der Waals surface area contributed by atoms with Gasteiger partial charge in [-0.25, -0.2) is 0 Å². The second-order valence-electron chi connectivity index (χ2n) is 6.31. The molecule has 0 saturated carbocycles. The lowest BCUT2D eigenvalue weighted by Gasteiger charge is -2.18. The number of rotatable bonds is 4. The highest BCUT2D eigenvalue weighted by molar-refractivity contribution is 7.81. The van der Waals surface area contributed by atoms with Crippen molar-refractivity contribution in [3.63, 3.8) is 0 Å². The molecule has 3 rings (SSSR count). The molecule has 1 N–H and O–H groups in total. The Labute approximate surface area is 179 Å². The third-order valence-corrected chi connectivity index (χ3v) is 5.34. The maximum atomic E-state index is 13.3. The topological polar surface area (TPSA) is 39.0 Å². The summed E-state index contributed by atoms with van der Waals surface area (Å²) in [6.45, 7) is 3.99. The van der Waals surface area contributed by atoms with Crippen molar-refractivity contribution < 1.29 is 9.67 Å². The van der Waals surface area contributed by atoms with Crippen LogP contribution in [0.3, 0.4) is 0 Å². The van der Waals surface area contributed by atoms with E-state index in [9.17, 15) is 5.11 Å². The standard InChI is InChI=1S/C22H18Cl2N2OS/c1-14-7-6-8-15(2)19(14)25-22(28)20(26-11-4-3-5-12-26)21(27)16-9-10-17(23)18(24)13-16/h3-13H,1-2H3,(H-,25,27,28). The molecular formula is C22H18Cl2N2OS. The molecule has 0 unspecified atom stereocenters. The molecule has 142 valence electrons. The average Bonchev–Trinajstić information content (AvgIpc) is 2.68. The van der Waals surface area contributed by atoms with Crippen LogP contribution in [0.1, 0.15) is 16.7 Å². The van der Waals surface area contributed by atoms with Gasteiger partial charge >= 0.3 is 0 Å². The summed E-state index contributed by atoms with van der Waals surface area (Å²) in [5.41, 5.74) is 3.72. The predicted molar refractivity (Wildman–Crippen MR) is 118 cm³/mol. The SMILES string of the molecule is Cc1cccc(C)c1NC(=S)C(=C([O-])c1ccc(Cl)c(Cl)c1)[n+]1ccccc1. The quantitative estimate of drug-likeness (QED) is 0.274. The van der Waals surface area contributed by atoms with Crippen molar-refractivity contribution in [2.24, 2.45) is 0 Å². The normalized spacial score (nSPS) is 11.7. The van der Waals surface area contributed by atoms with Crippen molar-refractivity contribution in [3.05, 3.63) is 93.7 Å². The number of aryl methyl sites for hydroxylation is 2. The molecule has 0 aliphatic rings. The number of nitrogens with zero attached hydrogens (tertiary/aromatic N) is 1. The first kappa shape index (κ1) is 20.3. The number of pyridine rings is 1. The van der Waals surface area contributed by atoms with Crippen LogP contribution in [-0.4, -0.2) is 4.99 Å². The highest BCUT2D eigenvalue weighted by atomic mass is 35.5. The van der Waals surface area contributed by atoms with Crippen LogP contribution >= 0.6 is 35.4 Å². The van der Waals surface area contributed by atoms with Gasteiger partial charge in [0.15, 0.2) is 17.4 Å². The van der Waals surface area contributed by atoms with E-state index in [2.05, 4.69) is 5.32 Å². The minimum Gasteiger partial charge on any atom is -0.867 e. The number of anilines is 1. The van der Waals surface area contributed by atoms with Crippen molar-refractivity contribution in [1.29, 1.82) is 0 Å². The fourth-order valence-corrected chi connectivity index (χ4v) is 3.44. The van der Waals surface area contributed by atoms with Gasteiger partial charge in [0.05, 0.1) is 10.0 Å². The number of hydrogen-bond acceptors (Lipinski definition) is 2. The van der Waals surface area contributed by atoms with Gasteiger partial charge in [-0.1, -0.05) is 65.8 Å². The van der Waals surface area contributed by atoms with E-state index in [0.29, 0.717) is 26.3 Å². The molecule has 0 aliphatic carbocycles. The first-order valence-electron chi connectivity index (χ1n) is 8.59. The van der Waals surface area contributed by atoms with E-state index >= 15 is 0 Å². The van der Waals surface area contributed by atoms with Crippen molar-refractivity contribution in [1.82, 2.24) is 0 Å². The zero-order valence-electron chi connectivity index (χ0n) is 15.4. The maximum absolute atomic E-state index is 13.3. The average molecular weight is 429 g/mol. The monoisotopic (exact) mass is 428 g/mol. The first-order valence-corrected chi connectivity index (χ1v) is 9.76. The zero-order chi connectivity index (χ0) is 20.3. The number of benzene rings is 2. The van der Waals surface area contributed by atoms with Crippen molar-refractivity contribution in [3.8, 4) is 0 Å². The lowest BCUT2D eigenvalue weighted by molar-refractivity contribution is -0.577. The van der Waals surface area contributed by atoms with Crippen LogP contribution < -0.4 is 15.0 Å². The number of para-hydroxylation sites is 1. The molecule has 0 atom stereocenters. The number of hydrogen-bond donors (Lipinski definition) is 1. The highest BCUT2D eigenvalue weighted by Crippen LogP contribution is 2.27. The summed E-state index contributed by atoms with van der Waals surface area (Å²) in [6, 6.07) is 16.3. The van der Waals surface area contributed by atoms with Crippen LogP contribution in [-0.2, 0) is 0 Å². The van der Waals surface area contributed by atoms with Gasteiger partial charge < -0.3 is 10.4 Å². The Hall–Kier alpha value is -2.40. The molecule has 0 radical (unpaired) electrons. The summed E-state index contributed by atoms with van der Waals surface area (Å²) >= 11 is 17.7. The summed E-state index contributed by atoms with van der Waals surface area (Å²) in [7, 11) is 0. The molecule has 0 fully saturated rings. The zero-order valence-corrected chi connectivity index (χ0v) is 17.7. The van der Waals surface area contributed by atoms with Gasteiger partial charge in [0.1, 0.15) is 0 Å². The number of aromatic nitrogens is 1. The van der Waals surface area contributed by atoms with Crippen LogP contribution in [0.5, 0.6) is 0 Å². The molecule has 2 aromatic carbocycles. The fraction of sp³-hybridized carbons (Fsp3) is 0.0909. The lowest BCUT2D eigenvalue weighted by Crippen LogP contribution is -2.40. The molecule has 1 aromatic heterocycles. The van der Waals surface area contributed by atoms with E-state index < -0.39 is 0 Å². The number of nitrogens with one attached hydrogen (secondary N) is 1. The fourth-order valence-electron chi connectivity index (χ4n) is 2.84. The van der Waals surface area contributed by atoms with E-state index in [0.717, 1.165) is 16.8 Å². The van der Waals surface area contributed by atoms with Crippen LogP contribution in [0.2, 0.25) is 10.0 Å². The second-order valence-corrected chi connectivity index (χ2v) is 7.53. The molecule has 3 nitrogen and oxygen atoms in total. The van der Waals surface area contributed by atoms with Gasteiger partial charge in [-0.3, -0.25) is 0 Å². The van der Waals surface area contributed by atoms with Crippen LogP contribution in [0.4, 0.5) is 5.69 Å². The second kappa shape index (κ2) is 8.74. The van der Waals surface area contributed by atoms with Gasteiger partial charge in [-0.15, -0.1) is 0 Å². The van der Waals surface area contributed by atoms with Crippen LogP contribution in [0.15, 0.2) is 67.0 Å². The van der Waals surface area contributed by atoms with Gasteiger partial charge in [0.2, 0.25) is 5.70 Å². The molecule has 0 bridgehead atoms. The summed E-state index contributed by atoms with van der Waals surface area (Å²) in [5, 5.41) is 17.3. The Bertz CT molecular complexity index is 1050. The molecular weight excluding hydrogens is 411 g/mol. The smallest absolute Gasteiger partial charge is 0.238 e. The Kier molecular flexibility index (Phi) is 6.35. The van der Waals surface area contributed by atoms with Crippen LogP contribution in [0.25, 0.3) is 11.5 Å². The van der Waals surface area contributed by atoms with Gasteiger partial charge in [0, 0.05) is 17.8 Å². The Morgan fingerprint density at radius 3 is 2.18 bits per heavy atom. The van der Waals surface area contributed by atoms with E-state index in [1.165, 1.54) is 0 Å². The minimum atomic E-state index is -0.251. The minimum absolute atomic E-state index is 0.251. The van der Waals surface area contributed by atoms with Crippen molar-refractivity contribution >= 4 is 57.6 Å². The lowest BCUT2D eigenvalue weighted by atomic mass is 10.1. The van der Waals surface area contributed by atoms with Crippen LogP contribution in [0, 0.1) is 13.8 Å². The molecule has 6 heteroatoms. The van der Waals surface area contributed by atoms with E-state index in [1.807, 2.05) is 50.2 Å². The summed E-state index contributed by atoms with van der Waals surface area (Å²) < 4.78 is 1.70. The predicted octanol–water partition coefficient (Wildman–Crippen LogP) is 5.02. The molecule has 0 saturated heterocycles. The Morgan fingerprint density at radius 2 is 1.57 bits per heavy atom. The van der Waals surface area contributed by atoms with E-state index in [-0.39, 0.29) is 5.76 Å². The van der Waals surface area contributed by atoms with Crippen molar-refractivity contribution in [2.75, 3.05) is 5.32 Å². The van der Waals surface area contributed by atoms with E-state index in [1.54, 1.807) is 35.2 Å². The Morgan fingerprint density at radius 1 is 0.929 bits per heavy atom. The molecule has 0 spiro atoms. The number of halogens is 2. The van der Waals surface area contributed by atoms with E-state index in [4.69, 9.17) is 35.4 Å². The van der Waals surface area contributed by atoms with Gasteiger partial charge in [-0.05, 0) is 48.4 Å². The largest absolute Gasteiger partial charge is 0.867 e. The van der Waals surface area contributed by atoms with Gasteiger partial charge in [0.25, 0.3) is 0 Å². The molecule has 3 aromatic rings. The highest BCUT2D eigenvalue weighted by Gasteiger charge is 2.20.